The standard InChI is InChI=1S/C10H9BrN2O2/c1-13-5-7(11)6-3-4-8(10(14)15-2)12-9(6)13/h3-5H,1-2H3. The third kappa shape index (κ3) is 1.63. The van der Waals surface area contributed by atoms with Crippen LogP contribution in [-0.4, -0.2) is 22.6 Å². The fourth-order valence-corrected chi connectivity index (χ4v) is 2.04. The molecule has 0 aliphatic rings. The van der Waals surface area contributed by atoms with Gasteiger partial charge >= 0.3 is 5.97 Å². The lowest BCUT2D eigenvalue weighted by Gasteiger charge is -1.99. The van der Waals surface area contributed by atoms with Crippen molar-refractivity contribution < 1.29 is 9.53 Å². The Bertz CT molecular complexity index is 533. The summed E-state index contributed by atoms with van der Waals surface area (Å²) in [6, 6.07) is 3.50. The van der Waals surface area contributed by atoms with Crippen molar-refractivity contribution in [3.05, 3.63) is 28.5 Å². The predicted octanol–water partition coefficient (Wildman–Crippen LogP) is 2.12. The largest absolute Gasteiger partial charge is 0.464 e. The van der Waals surface area contributed by atoms with Gasteiger partial charge in [0.15, 0.2) is 5.69 Å². The quantitative estimate of drug-likeness (QED) is 0.745. The zero-order chi connectivity index (χ0) is 11.0. The van der Waals surface area contributed by atoms with Crippen molar-refractivity contribution in [1.29, 1.82) is 0 Å². The molecule has 0 aliphatic heterocycles. The van der Waals surface area contributed by atoms with Crippen LogP contribution in [0.25, 0.3) is 11.0 Å². The molecule has 0 aliphatic carbocycles. The van der Waals surface area contributed by atoms with E-state index in [1.807, 2.05) is 23.9 Å². The molecule has 5 heteroatoms. The lowest BCUT2D eigenvalue weighted by Crippen LogP contribution is -2.04. The molecular weight excluding hydrogens is 260 g/mol. The normalized spacial score (nSPS) is 10.6. The summed E-state index contributed by atoms with van der Waals surface area (Å²) >= 11 is 3.42. The van der Waals surface area contributed by atoms with Gasteiger partial charge in [0.1, 0.15) is 5.65 Å². The van der Waals surface area contributed by atoms with E-state index in [4.69, 9.17) is 0 Å². The second-order valence-corrected chi connectivity index (χ2v) is 4.00. The topological polar surface area (TPSA) is 44.1 Å². The van der Waals surface area contributed by atoms with Crippen molar-refractivity contribution in [3.63, 3.8) is 0 Å². The number of aryl methyl sites for hydroxylation is 1. The Morgan fingerprint density at radius 1 is 1.53 bits per heavy atom. The molecule has 0 unspecified atom stereocenters. The third-order valence-electron chi connectivity index (χ3n) is 2.17. The third-order valence-corrected chi connectivity index (χ3v) is 2.80. The summed E-state index contributed by atoms with van der Waals surface area (Å²) in [4.78, 5) is 15.5. The van der Waals surface area contributed by atoms with E-state index >= 15 is 0 Å². The van der Waals surface area contributed by atoms with Gasteiger partial charge in [0, 0.05) is 23.1 Å². The fraction of sp³-hybridized carbons (Fsp3) is 0.200. The number of carbonyl (C=O) groups is 1. The molecule has 2 rings (SSSR count). The van der Waals surface area contributed by atoms with Crippen LogP contribution in [0.1, 0.15) is 10.5 Å². The van der Waals surface area contributed by atoms with Gasteiger partial charge in [0.25, 0.3) is 0 Å². The van der Waals surface area contributed by atoms with Gasteiger partial charge in [-0.25, -0.2) is 9.78 Å². The van der Waals surface area contributed by atoms with Gasteiger partial charge in [-0.3, -0.25) is 0 Å². The summed E-state index contributed by atoms with van der Waals surface area (Å²) in [5.41, 5.74) is 1.07. The number of carbonyl (C=O) groups excluding carboxylic acids is 1. The van der Waals surface area contributed by atoms with E-state index in [0.29, 0.717) is 5.69 Å². The van der Waals surface area contributed by atoms with Crippen molar-refractivity contribution in [2.45, 2.75) is 0 Å². The Hall–Kier alpha value is -1.36. The Morgan fingerprint density at radius 2 is 2.27 bits per heavy atom. The maximum absolute atomic E-state index is 11.3. The van der Waals surface area contributed by atoms with Crippen LogP contribution in [0.2, 0.25) is 0 Å². The Morgan fingerprint density at radius 3 is 2.93 bits per heavy atom. The van der Waals surface area contributed by atoms with Gasteiger partial charge in [-0.2, -0.15) is 0 Å². The predicted molar refractivity (Wildman–Crippen MR) is 59.8 cm³/mol. The van der Waals surface area contributed by atoms with E-state index in [2.05, 4.69) is 25.7 Å². The van der Waals surface area contributed by atoms with E-state index in [1.165, 1.54) is 7.11 Å². The minimum absolute atomic E-state index is 0.318. The summed E-state index contributed by atoms with van der Waals surface area (Å²) in [5, 5.41) is 0.977. The number of ether oxygens (including phenoxy) is 1. The first-order chi connectivity index (χ1) is 7.13. The Balaban J connectivity index is 2.65. The van der Waals surface area contributed by atoms with Crippen LogP contribution in [0.5, 0.6) is 0 Å². The van der Waals surface area contributed by atoms with E-state index in [1.54, 1.807) is 6.07 Å². The summed E-state index contributed by atoms with van der Waals surface area (Å²) in [6.07, 6.45) is 1.90. The first-order valence-corrected chi connectivity index (χ1v) is 5.12. The molecule has 2 aromatic heterocycles. The van der Waals surface area contributed by atoms with Crippen LogP contribution in [0, 0.1) is 0 Å². The molecular formula is C10H9BrN2O2. The highest BCUT2D eigenvalue weighted by molar-refractivity contribution is 9.10. The zero-order valence-corrected chi connectivity index (χ0v) is 9.91. The van der Waals surface area contributed by atoms with Crippen molar-refractivity contribution in [1.82, 2.24) is 9.55 Å². The van der Waals surface area contributed by atoms with Crippen molar-refractivity contribution in [2.24, 2.45) is 7.05 Å². The number of pyridine rings is 1. The maximum Gasteiger partial charge on any atom is 0.356 e. The average molecular weight is 269 g/mol. The number of hydrogen-bond acceptors (Lipinski definition) is 3. The van der Waals surface area contributed by atoms with Crippen LogP contribution >= 0.6 is 15.9 Å². The molecule has 0 atom stereocenters. The number of aromatic nitrogens is 2. The second kappa shape index (κ2) is 3.66. The number of halogens is 1. The summed E-state index contributed by atoms with van der Waals surface area (Å²) in [7, 11) is 3.22. The van der Waals surface area contributed by atoms with Gasteiger partial charge in [-0.1, -0.05) is 0 Å². The number of hydrogen-bond donors (Lipinski definition) is 0. The van der Waals surface area contributed by atoms with Crippen molar-refractivity contribution in [3.8, 4) is 0 Å². The van der Waals surface area contributed by atoms with Crippen molar-refractivity contribution in [2.75, 3.05) is 7.11 Å². The van der Waals surface area contributed by atoms with E-state index < -0.39 is 5.97 Å². The SMILES string of the molecule is COC(=O)c1ccc2c(Br)cn(C)c2n1. The highest BCUT2D eigenvalue weighted by atomic mass is 79.9. The maximum atomic E-state index is 11.3. The lowest BCUT2D eigenvalue weighted by atomic mass is 10.3. The van der Waals surface area contributed by atoms with E-state index in [-0.39, 0.29) is 0 Å². The van der Waals surface area contributed by atoms with E-state index in [0.717, 1.165) is 15.5 Å². The molecule has 78 valence electrons. The van der Waals surface area contributed by atoms with Gasteiger partial charge in [0.05, 0.1) is 7.11 Å². The number of fused-ring (bicyclic) bond motifs is 1. The molecule has 0 amide bonds. The van der Waals surface area contributed by atoms with Gasteiger partial charge < -0.3 is 9.30 Å². The highest BCUT2D eigenvalue weighted by Crippen LogP contribution is 2.24. The number of methoxy groups -OCH3 is 1. The van der Waals surface area contributed by atoms with E-state index in [9.17, 15) is 4.79 Å². The molecule has 15 heavy (non-hydrogen) atoms. The monoisotopic (exact) mass is 268 g/mol. The first-order valence-electron chi connectivity index (χ1n) is 4.33. The van der Waals surface area contributed by atoms with Crippen LogP contribution in [0.15, 0.2) is 22.8 Å². The number of nitrogens with zero attached hydrogens (tertiary/aromatic N) is 2. The minimum Gasteiger partial charge on any atom is -0.464 e. The molecule has 2 heterocycles. The lowest BCUT2D eigenvalue weighted by molar-refractivity contribution is 0.0594. The molecule has 0 aromatic carbocycles. The molecule has 0 radical (unpaired) electrons. The van der Waals surface area contributed by atoms with Gasteiger partial charge in [-0.05, 0) is 28.1 Å². The molecule has 0 fully saturated rings. The zero-order valence-electron chi connectivity index (χ0n) is 8.32. The minimum atomic E-state index is -0.422. The molecule has 0 N–H and O–H groups in total. The average Bonchev–Trinajstić information content (AvgIpc) is 2.53. The summed E-state index contributed by atoms with van der Waals surface area (Å²) in [5.74, 6) is -0.422. The fourth-order valence-electron chi connectivity index (χ4n) is 1.42. The second-order valence-electron chi connectivity index (χ2n) is 3.15. The summed E-state index contributed by atoms with van der Waals surface area (Å²) < 4.78 is 7.42. The summed E-state index contributed by atoms with van der Waals surface area (Å²) in [6.45, 7) is 0. The van der Waals surface area contributed by atoms with Gasteiger partial charge in [-0.15, -0.1) is 0 Å². The van der Waals surface area contributed by atoms with Crippen LogP contribution < -0.4 is 0 Å². The molecule has 0 spiro atoms. The number of rotatable bonds is 1. The molecule has 0 bridgehead atoms. The Kier molecular flexibility index (Phi) is 2.48. The van der Waals surface area contributed by atoms with Gasteiger partial charge in [0.2, 0.25) is 0 Å². The van der Waals surface area contributed by atoms with Crippen LogP contribution in [-0.2, 0) is 11.8 Å². The highest BCUT2D eigenvalue weighted by Gasteiger charge is 2.11. The molecule has 4 nitrogen and oxygen atoms in total. The molecule has 0 saturated heterocycles. The van der Waals surface area contributed by atoms with Crippen molar-refractivity contribution >= 4 is 32.9 Å². The Labute approximate surface area is 95.0 Å². The number of esters is 1. The first kappa shape index (κ1) is 10.2. The molecule has 2 aromatic rings. The molecule has 0 saturated carbocycles. The smallest absolute Gasteiger partial charge is 0.356 e. The van der Waals surface area contributed by atoms with Crippen LogP contribution in [0.3, 0.4) is 0 Å². The van der Waals surface area contributed by atoms with Crippen LogP contribution in [0.4, 0.5) is 0 Å².